The van der Waals surface area contributed by atoms with Crippen molar-refractivity contribution in [3.63, 3.8) is 0 Å². The highest BCUT2D eigenvalue weighted by Gasteiger charge is 2.27. The maximum Gasteiger partial charge on any atom is 0.253 e. The zero-order valence-corrected chi connectivity index (χ0v) is 16.3. The molecule has 1 N–H and O–H groups in total. The second-order valence-corrected chi connectivity index (χ2v) is 8.12. The number of likely N-dealkylation sites (tertiary alicyclic amines) is 1. The van der Waals surface area contributed by atoms with E-state index in [-0.39, 0.29) is 12.5 Å². The Labute approximate surface area is 159 Å². The number of carbonyl (C=O) groups excluding carboxylic acids is 1. The van der Waals surface area contributed by atoms with Gasteiger partial charge in [-0.3, -0.25) is 4.79 Å². The summed E-state index contributed by atoms with van der Waals surface area (Å²) >= 11 is 1.59. The fourth-order valence-electron chi connectivity index (χ4n) is 3.46. The Morgan fingerprint density at radius 1 is 1.27 bits per heavy atom. The van der Waals surface area contributed by atoms with Crippen molar-refractivity contribution in [2.24, 2.45) is 0 Å². The number of aromatic nitrogens is 2. The number of amides is 1. The van der Waals surface area contributed by atoms with Crippen LogP contribution in [0, 0.1) is 0 Å². The van der Waals surface area contributed by atoms with Crippen LogP contribution in [-0.4, -0.2) is 50.9 Å². The molecule has 5 nitrogen and oxygen atoms in total. The van der Waals surface area contributed by atoms with Crippen LogP contribution in [0.4, 0.5) is 0 Å². The van der Waals surface area contributed by atoms with Gasteiger partial charge in [0.15, 0.2) is 0 Å². The van der Waals surface area contributed by atoms with Crippen molar-refractivity contribution < 1.29 is 9.90 Å². The predicted octanol–water partition coefficient (Wildman–Crippen LogP) is 3.57. The van der Waals surface area contributed by atoms with Crippen LogP contribution >= 0.6 is 11.8 Å². The van der Waals surface area contributed by atoms with E-state index in [0.717, 1.165) is 42.2 Å². The normalized spacial score (nSPS) is 15.6. The number of aliphatic hydroxyl groups is 1. The molecule has 1 aliphatic heterocycles. The second kappa shape index (κ2) is 8.73. The standard InChI is InChI=1S/C20H27N3O2S/c1-15(2)23-12-9-21-19(23)16-7-10-22(11-8-16)20(25)17-3-5-18(6-4-17)26-14-13-24/h3-6,9,12,15-16,24H,7-8,10-11,13-14H2,1-2H3. The monoisotopic (exact) mass is 373 g/mol. The van der Waals surface area contributed by atoms with Gasteiger partial charge in [-0.05, 0) is 51.0 Å². The van der Waals surface area contributed by atoms with Gasteiger partial charge in [-0.2, -0.15) is 0 Å². The lowest BCUT2D eigenvalue weighted by atomic mass is 9.95. The zero-order valence-electron chi connectivity index (χ0n) is 15.5. The minimum absolute atomic E-state index is 0.106. The fraction of sp³-hybridized carbons (Fsp3) is 0.500. The third kappa shape index (κ3) is 4.30. The molecule has 1 aromatic carbocycles. The summed E-state index contributed by atoms with van der Waals surface area (Å²) < 4.78 is 2.24. The molecule has 2 aromatic rings. The summed E-state index contributed by atoms with van der Waals surface area (Å²) in [5.74, 6) is 2.35. The highest BCUT2D eigenvalue weighted by molar-refractivity contribution is 7.99. The van der Waals surface area contributed by atoms with Crippen LogP contribution in [0.1, 0.15) is 54.8 Å². The van der Waals surface area contributed by atoms with Crippen LogP contribution in [0.25, 0.3) is 0 Å². The van der Waals surface area contributed by atoms with E-state index in [9.17, 15) is 4.79 Å². The number of nitrogens with zero attached hydrogens (tertiary/aromatic N) is 3. The molecule has 3 rings (SSSR count). The van der Waals surface area contributed by atoms with E-state index in [1.165, 1.54) is 0 Å². The van der Waals surface area contributed by atoms with E-state index in [4.69, 9.17) is 5.11 Å². The predicted molar refractivity (Wildman–Crippen MR) is 105 cm³/mol. The minimum atomic E-state index is 0.106. The van der Waals surface area contributed by atoms with Gasteiger partial charge in [0.1, 0.15) is 5.82 Å². The highest BCUT2D eigenvalue weighted by atomic mass is 32.2. The molecule has 1 saturated heterocycles. The topological polar surface area (TPSA) is 58.4 Å². The van der Waals surface area contributed by atoms with Crippen molar-refractivity contribution in [1.29, 1.82) is 0 Å². The SMILES string of the molecule is CC(C)n1ccnc1C1CCN(C(=O)c2ccc(SCCO)cc2)CC1. The third-order valence-corrected chi connectivity index (χ3v) is 5.86. The summed E-state index contributed by atoms with van der Waals surface area (Å²) in [6, 6.07) is 8.10. The van der Waals surface area contributed by atoms with Crippen LogP contribution in [0.3, 0.4) is 0 Å². The zero-order chi connectivity index (χ0) is 18.5. The number of benzene rings is 1. The van der Waals surface area contributed by atoms with Gasteiger partial charge in [0.25, 0.3) is 5.91 Å². The van der Waals surface area contributed by atoms with Crippen molar-refractivity contribution in [2.75, 3.05) is 25.4 Å². The molecule has 0 spiro atoms. The van der Waals surface area contributed by atoms with Gasteiger partial charge in [-0.1, -0.05) is 0 Å². The molecule has 1 fully saturated rings. The number of thioether (sulfide) groups is 1. The molecule has 26 heavy (non-hydrogen) atoms. The Morgan fingerprint density at radius 3 is 2.58 bits per heavy atom. The van der Waals surface area contributed by atoms with Gasteiger partial charge in [0.05, 0.1) is 6.61 Å². The molecule has 0 bridgehead atoms. The van der Waals surface area contributed by atoms with Gasteiger partial charge < -0.3 is 14.6 Å². The van der Waals surface area contributed by atoms with Gasteiger partial charge in [0, 0.05) is 53.7 Å². The lowest BCUT2D eigenvalue weighted by Gasteiger charge is -2.32. The van der Waals surface area contributed by atoms with Crippen molar-refractivity contribution in [1.82, 2.24) is 14.5 Å². The number of aliphatic hydroxyl groups excluding tert-OH is 1. The van der Waals surface area contributed by atoms with Gasteiger partial charge in [0.2, 0.25) is 0 Å². The van der Waals surface area contributed by atoms with Gasteiger partial charge >= 0.3 is 0 Å². The third-order valence-electron chi connectivity index (χ3n) is 4.86. The first-order chi connectivity index (χ1) is 12.6. The number of hydrogen-bond acceptors (Lipinski definition) is 4. The minimum Gasteiger partial charge on any atom is -0.396 e. The Balaban J connectivity index is 1.59. The Morgan fingerprint density at radius 2 is 1.96 bits per heavy atom. The summed E-state index contributed by atoms with van der Waals surface area (Å²) in [7, 11) is 0. The van der Waals surface area contributed by atoms with Crippen LogP contribution in [0.5, 0.6) is 0 Å². The van der Waals surface area contributed by atoms with E-state index < -0.39 is 0 Å². The summed E-state index contributed by atoms with van der Waals surface area (Å²) in [5, 5.41) is 8.89. The van der Waals surface area contributed by atoms with Crippen LogP contribution < -0.4 is 0 Å². The Hall–Kier alpha value is -1.79. The molecular formula is C20H27N3O2S. The summed E-state index contributed by atoms with van der Waals surface area (Å²) in [4.78, 5) is 20.3. The molecule has 0 radical (unpaired) electrons. The van der Waals surface area contributed by atoms with Crippen LogP contribution in [0.15, 0.2) is 41.6 Å². The Kier molecular flexibility index (Phi) is 6.38. The van der Waals surface area contributed by atoms with E-state index in [2.05, 4.69) is 23.4 Å². The summed E-state index contributed by atoms with van der Waals surface area (Å²) in [6.07, 6.45) is 5.84. The molecule has 1 amide bonds. The first-order valence-corrected chi connectivity index (χ1v) is 10.2. The summed E-state index contributed by atoms with van der Waals surface area (Å²) in [5.41, 5.74) is 0.737. The molecule has 140 valence electrons. The quantitative estimate of drug-likeness (QED) is 0.787. The maximum absolute atomic E-state index is 12.8. The van der Waals surface area contributed by atoms with Gasteiger partial charge in [-0.15, -0.1) is 11.8 Å². The maximum atomic E-state index is 12.8. The number of rotatable bonds is 6. The highest BCUT2D eigenvalue weighted by Crippen LogP contribution is 2.29. The smallest absolute Gasteiger partial charge is 0.253 e. The number of hydrogen-bond donors (Lipinski definition) is 1. The van der Waals surface area contributed by atoms with Crippen molar-refractivity contribution in [3.05, 3.63) is 48.0 Å². The Bertz CT molecular complexity index is 719. The molecule has 6 heteroatoms. The first kappa shape index (κ1) is 19.0. The van der Waals surface area contributed by atoms with Crippen molar-refractivity contribution >= 4 is 17.7 Å². The van der Waals surface area contributed by atoms with E-state index >= 15 is 0 Å². The molecule has 1 aliphatic rings. The fourth-order valence-corrected chi connectivity index (χ4v) is 4.11. The number of piperidine rings is 1. The van der Waals surface area contributed by atoms with E-state index in [0.29, 0.717) is 17.7 Å². The molecule has 0 saturated carbocycles. The van der Waals surface area contributed by atoms with Gasteiger partial charge in [-0.25, -0.2) is 4.98 Å². The second-order valence-electron chi connectivity index (χ2n) is 6.95. The average Bonchev–Trinajstić information content (AvgIpc) is 3.16. The number of carbonyl (C=O) groups is 1. The largest absolute Gasteiger partial charge is 0.396 e. The molecular weight excluding hydrogens is 346 g/mol. The summed E-state index contributed by atoms with van der Waals surface area (Å²) in [6.45, 7) is 6.05. The lowest BCUT2D eigenvalue weighted by Crippen LogP contribution is -2.38. The molecule has 0 atom stereocenters. The first-order valence-electron chi connectivity index (χ1n) is 9.26. The van der Waals surface area contributed by atoms with E-state index in [1.807, 2.05) is 41.6 Å². The molecule has 0 aliphatic carbocycles. The van der Waals surface area contributed by atoms with Crippen LogP contribution in [-0.2, 0) is 0 Å². The molecule has 0 unspecified atom stereocenters. The van der Waals surface area contributed by atoms with Crippen molar-refractivity contribution in [2.45, 2.75) is 43.5 Å². The number of imidazole rings is 1. The molecule has 1 aromatic heterocycles. The lowest BCUT2D eigenvalue weighted by molar-refractivity contribution is 0.0710. The van der Waals surface area contributed by atoms with E-state index in [1.54, 1.807) is 11.8 Å². The van der Waals surface area contributed by atoms with Crippen molar-refractivity contribution in [3.8, 4) is 0 Å². The molecule has 2 heterocycles. The van der Waals surface area contributed by atoms with Crippen LogP contribution in [0.2, 0.25) is 0 Å². The average molecular weight is 374 g/mol.